The second-order valence-electron chi connectivity index (χ2n) is 8.92. The SMILES string of the molecule is CC(C)c1c(C(=O)Nc2cccc(-c3nnc4n3CCCCC4)c2)cnn1-c1ccc(Cl)cc1. The van der Waals surface area contributed by atoms with E-state index >= 15 is 0 Å². The van der Waals surface area contributed by atoms with Crippen molar-refractivity contribution in [1.29, 1.82) is 0 Å². The lowest BCUT2D eigenvalue weighted by Gasteiger charge is -2.13. The normalized spacial score (nSPS) is 13.5. The van der Waals surface area contributed by atoms with Crippen molar-refractivity contribution in [3.05, 3.63) is 76.8 Å². The number of amides is 1. The molecule has 3 heterocycles. The molecule has 2 aromatic heterocycles. The minimum atomic E-state index is -0.193. The molecule has 0 unspecified atom stereocenters. The number of aryl methyl sites for hydroxylation is 1. The smallest absolute Gasteiger partial charge is 0.259 e. The first-order chi connectivity index (χ1) is 16.5. The summed E-state index contributed by atoms with van der Waals surface area (Å²) in [4.78, 5) is 13.3. The summed E-state index contributed by atoms with van der Waals surface area (Å²) in [5.74, 6) is 1.79. The molecule has 0 atom stereocenters. The molecule has 5 rings (SSSR count). The molecule has 0 spiro atoms. The van der Waals surface area contributed by atoms with Crippen LogP contribution in [0, 0.1) is 0 Å². The molecule has 0 radical (unpaired) electrons. The van der Waals surface area contributed by atoms with Crippen LogP contribution in [0.3, 0.4) is 0 Å². The van der Waals surface area contributed by atoms with Crippen molar-refractivity contribution in [2.75, 3.05) is 5.32 Å². The average molecular weight is 475 g/mol. The second kappa shape index (κ2) is 9.43. The maximum absolute atomic E-state index is 13.3. The molecule has 1 amide bonds. The first kappa shape index (κ1) is 22.3. The second-order valence-corrected chi connectivity index (χ2v) is 9.36. The van der Waals surface area contributed by atoms with E-state index in [-0.39, 0.29) is 11.8 Å². The molecule has 4 aromatic rings. The largest absolute Gasteiger partial charge is 0.322 e. The first-order valence-corrected chi connectivity index (χ1v) is 12.1. The van der Waals surface area contributed by atoms with Crippen molar-refractivity contribution < 1.29 is 4.79 Å². The van der Waals surface area contributed by atoms with Crippen molar-refractivity contribution in [3.63, 3.8) is 0 Å². The average Bonchev–Trinajstić information content (AvgIpc) is 3.38. The van der Waals surface area contributed by atoms with Crippen LogP contribution in [-0.4, -0.2) is 30.5 Å². The highest BCUT2D eigenvalue weighted by atomic mass is 35.5. The highest BCUT2D eigenvalue weighted by Crippen LogP contribution is 2.27. The van der Waals surface area contributed by atoms with Crippen molar-refractivity contribution >= 4 is 23.2 Å². The topological polar surface area (TPSA) is 77.6 Å². The fourth-order valence-corrected chi connectivity index (χ4v) is 4.64. The number of rotatable bonds is 5. The van der Waals surface area contributed by atoms with Crippen LogP contribution >= 0.6 is 11.6 Å². The summed E-state index contributed by atoms with van der Waals surface area (Å²) < 4.78 is 4.01. The molecule has 8 heteroatoms. The lowest BCUT2D eigenvalue weighted by atomic mass is 10.0. The van der Waals surface area contributed by atoms with E-state index in [1.54, 1.807) is 10.9 Å². The van der Waals surface area contributed by atoms with Gasteiger partial charge in [-0.2, -0.15) is 5.10 Å². The van der Waals surface area contributed by atoms with Gasteiger partial charge in [0, 0.05) is 29.2 Å². The van der Waals surface area contributed by atoms with E-state index in [0.29, 0.717) is 16.3 Å². The number of halogens is 1. The van der Waals surface area contributed by atoms with E-state index in [0.717, 1.165) is 54.4 Å². The van der Waals surface area contributed by atoms with Crippen molar-refractivity contribution in [3.8, 4) is 17.1 Å². The van der Waals surface area contributed by atoms with Crippen LogP contribution in [0.15, 0.2) is 54.7 Å². The Labute approximate surface area is 203 Å². The number of fused-ring (bicyclic) bond motifs is 1. The summed E-state index contributed by atoms with van der Waals surface area (Å²) in [5.41, 5.74) is 3.91. The Kier molecular flexibility index (Phi) is 6.20. The number of nitrogens with one attached hydrogen (secondary N) is 1. The number of aromatic nitrogens is 5. The Morgan fingerprint density at radius 2 is 1.88 bits per heavy atom. The standard InChI is InChI=1S/C26H27ClN6O/c1-17(2)24-22(16-28-33(24)21-12-10-19(27)11-13-21)26(34)29-20-8-6-7-18(15-20)25-31-30-23-9-4-3-5-14-32(23)25/h6-8,10-13,15-17H,3-5,9,14H2,1-2H3,(H,29,34). The summed E-state index contributed by atoms with van der Waals surface area (Å²) in [5, 5.41) is 17.1. The Bertz CT molecular complexity index is 1320. The minimum absolute atomic E-state index is 0.0942. The van der Waals surface area contributed by atoms with Crippen molar-refractivity contribution in [2.45, 2.75) is 52.0 Å². The zero-order valence-electron chi connectivity index (χ0n) is 19.3. The Morgan fingerprint density at radius 3 is 2.68 bits per heavy atom. The molecule has 1 aliphatic rings. The highest BCUT2D eigenvalue weighted by Gasteiger charge is 2.22. The fourth-order valence-electron chi connectivity index (χ4n) is 4.51. The lowest BCUT2D eigenvalue weighted by molar-refractivity contribution is 0.102. The van der Waals surface area contributed by atoms with Crippen LogP contribution in [0.4, 0.5) is 5.69 Å². The first-order valence-electron chi connectivity index (χ1n) is 11.7. The fraction of sp³-hybridized carbons (Fsp3) is 0.308. The molecule has 34 heavy (non-hydrogen) atoms. The zero-order chi connectivity index (χ0) is 23.7. The van der Waals surface area contributed by atoms with Gasteiger partial charge < -0.3 is 9.88 Å². The molecule has 0 fully saturated rings. The zero-order valence-corrected chi connectivity index (χ0v) is 20.1. The van der Waals surface area contributed by atoms with Crippen LogP contribution in [0.1, 0.15) is 60.9 Å². The Hall–Kier alpha value is -3.45. The third kappa shape index (κ3) is 4.35. The van der Waals surface area contributed by atoms with Crippen molar-refractivity contribution in [1.82, 2.24) is 24.5 Å². The van der Waals surface area contributed by atoms with E-state index in [2.05, 4.69) is 39.0 Å². The maximum Gasteiger partial charge on any atom is 0.259 e. The molecule has 1 N–H and O–H groups in total. The maximum atomic E-state index is 13.3. The molecule has 0 aliphatic carbocycles. The van der Waals surface area contributed by atoms with Gasteiger partial charge in [-0.15, -0.1) is 10.2 Å². The molecule has 0 saturated carbocycles. The number of benzene rings is 2. The van der Waals surface area contributed by atoms with E-state index in [4.69, 9.17) is 11.6 Å². The Morgan fingerprint density at radius 1 is 1.06 bits per heavy atom. The van der Waals surface area contributed by atoms with Gasteiger partial charge in [-0.3, -0.25) is 4.79 Å². The quantitative estimate of drug-likeness (QED) is 0.391. The van der Waals surface area contributed by atoms with Crippen LogP contribution in [-0.2, 0) is 13.0 Å². The summed E-state index contributed by atoms with van der Waals surface area (Å²) >= 11 is 6.04. The highest BCUT2D eigenvalue weighted by molar-refractivity contribution is 6.30. The van der Waals surface area contributed by atoms with Gasteiger partial charge in [-0.05, 0) is 55.2 Å². The third-order valence-corrected chi connectivity index (χ3v) is 6.41. The van der Waals surface area contributed by atoms with Gasteiger partial charge in [-0.25, -0.2) is 4.68 Å². The molecular weight excluding hydrogens is 448 g/mol. The van der Waals surface area contributed by atoms with Crippen molar-refractivity contribution in [2.24, 2.45) is 0 Å². The van der Waals surface area contributed by atoms with Crippen LogP contribution in [0.2, 0.25) is 5.02 Å². The van der Waals surface area contributed by atoms with Gasteiger partial charge in [0.05, 0.1) is 23.1 Å². The lowest BCUT2D eigenvalue weighted by Crippen LogP contribution is -2.15. The number of carbonyl (C=O) groups excluding carboxylic acids is 1. The van der Waals surface area contributed by atoms with Gasteiger partial charge >= 0.3 is 0 Å². The van der Waals surface area contributed by atoms with E-state index in [9.17, 15) is 4.79 Å². The van der Waals surface area contributed by atoms with Gasteiger partial charge in [0.15, 0.2) is 5.82 Å². The third-order valence-electron chi connectivity index (χ3n) is 6.16. The van der Waals surface area contributed by atoms with Gasteiger partial charge in [0.25, 0.3) is 5.91 Å². The number of hydrogen-bond acceptors (Lipinski definition) is 4. The molecule has 7 nitrogen and oxygen atoms in total. The van der Waals surface area contributed by atoms with E-state index in [1.165, 1.54) is 6.42 Å². The number of carbonyl (C=O) groups is 1. The van der Waals surface area contributed by atoms with E-state index < -0.39 is 0 Å². The molecular formula is C26H27ClN6O. The summed E-state index contributed by atoms with van der Waals surface area (Å²) in [6.07, 6.45) is 6.07. The molecule has 174 valence electrons. The predicted molar refractivity (Wildman–Crippen MR) is 134 cm³/mol. The number of nitrogens with zero attached hydrogens (tertiary/aromatic N) is 5. The molecule has 2 aromatic carbocycles. The monoisotopic (exact) mass is 474 g/mol. The number of anilines is 1. The van der Waals surface area contributed by atoms with Gasteiger partial charge in [0.2, 0.25) is 0 Å². The van der Waals surface area contributed by atoms with Gasteiger partial charge in [-0.1, -0.05) is 44.0 Å². The Balaban J connectivity index is 1.43. The molecule has 0 bridgehead atoms. The molecule has 1 aliphatic heterocycles. The summed E-state index contributed by atoms with van der Waals surface area (Å²) in [6.45, 7) is 5.03. The van der Waals surface area contributed by atoms with Crippen LogP contribution in [0.25, 0.3) is 17.1 Å². The number of hydrogen-bond donors (Lipinski definition) is 1. The summed E-state index contributed by atoms with van der Waals surface area (Å²) in [6, 6.07) is 15.2. The van der Waals surface area contributed by atoms with Crippen LogP contribution in [0.5, 0.6) is 0 Å². The summed E-state index contributed by atoms with van der Waals surface area (Å²) in [7, 11) is 0. The van der Waals surface area contributed by atoms with Gasteiger partial charge in [0.1, 0.15) is 5.82 Å². The predicted octanol–water partition coefficient (Wildman–Crippen LogP) is 5.89. The van der Waals surface area contributed by atoms with E-state index in [1.807, 2.05) is 48.5 Å². The molecule has 0 saturated heterocycles. The van der Waals surface area contributed by atoms with Crippen LogP contribution < -0.4 is 5.32 Å². The minimum Gasteiger partial charge on any atom is -0.322 e.